The van der Waals surface area contributed by atoms with E-state index in [1.807, 2.05) is 0 Å². The van der Waals surface area contributed by atoms with Crippen LogP contribution in [0.15, 0.2) is 12.7 Å². The van der Waals surface area contributed by atoms with Crippen LogP contribution in [0.25, 0.3) is 11.2 Å². The first-order valence-electron chi connectivity index (χ1n) is 7.89. The van der Waals surface area contributed by atoms with Crippen molar-refractivity contribution in [3.63, 3.8) is 0 Å². The van der Waals surface area contributed by atoms with Gasteiger partial charge in [-0.25, -0.2) is 24.1 Å². The Hall–Kier alpha value is -1.47. The molecule has 3 heterocycles. The number of nitrogens with zero attached hydrogens (tertiary/aromatic N) is 5. The van der Waals surface area contributed by atoms with Gasteiger partial charge in [-0.1, -0.05) is 0 Å². The topological polar surface area (TPSA) is 190 Å². The quantitative estimate of drug-likeness (QED) is 0.414. The molecule has 3 rings (SSSR count). The predicted molar refractivity (Wildman–Crippen MR) is 93.1 cm³/mol. The summed E-state index contributed by atoms with van der Waals surface area (Å²) in [5.74, 6) is 0.561. The summed E-state index contributed by atoms with van der Waals surface area (Å²) in [4.78, 5) is 50.3. The Morgan fingerprint density at radius 3 is 2.54 bits per heavy atom. The van der Waals surface area contributed by atoms with E-state index in [0.29, 0.717) is 17.0 Å². The maximum Gasteiger partial charge on any atom is 0.469 e. The third-order valence-corrected chi connectivity index (χ3v) is 4.96. The van der Waals surface area contributed by atoms with E-state index >= 15 is 0 Å². The number of hydrogen-bond acceptors (Lipinski definition) is 9. The van der Waals surface area contributed by atoms with Crippen molar-refractivity contribution in [2.24, 2.45) is 0 Å². The third-order valence-electron chi connectivity index (χ3n) is 3.93. The lowest BCUT2D eigenvalue weighted by atomic mass is 10.2. The number of rotatable bonds is 7. The fourth-order valence-corrected chi connectivity index (χ4v) is 3.77. The Balaban J connectivity index is 1.88. The highest BCUT2D eigenvalue weighted by Crippen LogP contribution is 2.45. The summed E-state index contributed by atoms with van der Waals surface area (Å²) in [6.07, 6.45) is -0.396. The number of fused-ring (bicyclic) bond motifs is 1. The van der Waals surface area contributed by atoms with E-state index in [1.165, 1.54) is 17.2 Å². The number of anilines is 1. The van der Waals surface area contributed by atoms with Gasteiger partial charge >= 0.3 is 15.6 Å². The molecular formula is C12H19N5O9P2. The summed E-state index contributed by atoms with van der Waals surface area (Å²) < 4.78 is 38.5. The molecule has 0 saturated carbocycles. The lowest BCUT2D eigenvalue weighted by molar-refractivity contribution is -0.0417. The molecule has 0 unspecified atom stereocenters. The van der Waals surface area contributed by atoms with Crippen molar-refractivity contribution in [2.45, 2.75) is 24.9 Å². The van der Waals surface area contributed by atoms with Crippen LogP contribution in [0.3, 0.4) is 0 Å². The molecular weight excluding hydrogens is 420 g/mol. The number of hydrogen-bond donors (Lipinski definition) is 4. The van der Waals surface area contributed by atoms with Crippen LogP contribution in [0.4, 0.5) is 5.82 Å². The predicted octanol–water partition coefficient (Wildman–Crippen LogP) is -0.233. The molecule has 2 aromatic heterocycles. The molecule has 14 nitrogen and oxygen atoms in total. The van der Waals surface area contributed by atoms with Crippen molar-refractivity contribution in [2.75, 3.05) is 25.6 Å². The van der Waals surface area contributed by atoms with E-state index in [4.69, 9.17) is 28.8 Å². The Kier molecular flexibility index (Phi) is 5.88. The zero-order chi connectivity index (χ0) is 20.7. The first-order valence-corrected chi connectivity index (χ1v) is 10.9. The standard InChI is InChI=1S/C12H19N5O9P2/c1-16(2)11-10-12(14-5-13-11)17(6-15-10)9-3-7(26-28(21,22)23)8(25-9)4-24-27(18,19)20/h5-9H,3-4H2,1-2H3,(H2,18,19,20)(H2,21,22,23)/t7-,8+,9+/m0/s1. The fourth-order valence-electron chi connectivity index (χ4n) is 2.86. The van der Waals surface area contributed by atoms with Gasteiger partial charge < -0.3 is 29.2 Å². The average Bonchev–Trinajstić information content (AvgIpc) is 3.14. The summed E-state index contributed by atoms with van der Waals surface area (Å²) in [5.41, 5.74) is 0.897. The van der Waals surface area contributed by atoms with Gasteiger partial charge in [-0.2, -0.15) is 0 Å². The Morgan fingerprint density at radius 2 is 1.93 bits per heavy atom. The van der Waals surface area contributed by atoms with Crippen LogP contribution >= 0.6 is 15.6 Å². The van der Waals surface area contributed by atoms with Gasteiger partial charge in [0.05, 0.1) is 12.9 Å². The van der Waals surface area contributed by atoms with Crippen molar-refractivity contribution < 1.29 is 42.5 Å². The normalized spacial score (nSPS) is 23.4. The molecule has 1 saturated heterocycles. The number of phosphoric acid groups is 2. The van der Waals surface area contributed by atoms with Crippen LogP contribution in [0.1, 0.15) is 12.6 Å². The van der Waals surface area contributed by atoms with Crippen LogP contribution < -0.4 is 4.90 Å². The maximum atomic E-state index is 11.2. The number of imidazole rings is 1. The number of ether oxygens (including phenoxy) is 1. The molecule has 2 aromatic rings. The summed E-state index contributed by atoms with van der Waals surface area (Å²) in [7, 11) is -6.12. The second-order valence-electron chi connectivity index (χ2n) is 6.20. The molecule has 0 amide bonds. The Bertz CT molecular complexity index is 941. The minimum Gasteiger partial charge on any atom is -0.361 e. The highest BCUT2D eigenvalue weighted by molar-refractivity contribution is 7.46. The lowest BCUT2D eigenvalue weighted by Crippen LogP contribution is -2.28. The van der Waals surface area contributed by atoms with Crippen LogP contribution in [0.2, 0.25) is 0 Å². The molecule has 0 radical (unpaired) electrons. The second-order valence-corrected chi connectivity index (χ2v) is 8.63. The fraction of sp³-hybridized carbons (Fsp3) is 0.583. The van der Waals surface area contributed by atoms with Crippen LogP contribution in [0, 0.1) is 0 Å². The van der Waals surface area contributed by atoms with E-state index in [-0.39, 0.29) is 6.42 Å². The minimum absolute atomic E-state index is 0.0347. The molecule has 1 aliphatic rings. The molecule has 0 spiro atoms. The molecule has 1 fully saturated rings. The molecule has 3 atom stereocenters. The summed E-state index contributed by atoms with van der Waals surface area (Å²) >= 11 is 0. The Labute approximate surface area is 158 Å². The highest BCUT2D eigenvalue weighted by atomic mass is 31.2. The minimum atomic E-state index is -4.88. The Morgan fingerprint density at radius 1 is 1.21 bits per heavy atom. The highest BCUT2D eigenvalue weighted by Gasteiger charge is 2.42. The zero-order valence-corrected chi connectivity index (χ0v) is 16.6. The van der Waals surface area contributed by atoms with Gasteiger partial charge in [-0.15, -0.1) is 0 Å². The van der Waals surface area contributed by atoms with Crippen molar-refractivity contribution >= 4 is 32.6 Å². The molecule has 16 heteroatoms. The molecule has 0 bridgehead atoms. The van der Waals surface area contributed by atoms with E-state index in [2.05, 4.69) is 19.5 Å². The summed E-state index contributed by atoms with van der Waals surface area (Å²) in [6.45, 7) is -0.629. The summed E-state index contributed by atoms with van der Waals surface area (Å²) in [6, 6.07) is 0. The third kappa shape index (κ3) is 4.92. The van der Waals surface area contributed by atoms with Crippen LogP contribution in [0.5, 0.6) is 0 Å². The van der Waals surface area contributed by atoms with Crippen molar-refractivity contribution in [1.82, 2.24) is 19.5 Å². The van der Waals surface area contributed by atoms with Crippen molar-refractivity contribution in [3.05, 3.63) is 12.7 Å². The maximum absolute atomic E-state index is 11.2. The SMILES string of the molecule is CN(C)c1ncnc2c1ncn2[C@H]1C[C@H](OP(=O)(O)O)[C@@H](COP(=O)(O)O)O1. The van der Waals surface area contributed by atoms with Gasteiger partial charge in [0.2, 0.25) is 0 Å². The number of aromatic nitrogens is 4. The van der Waals surface area contributed by atoms with E-state index in [9.17, 15) is 9.13 Å². The molecule has 1 aliphatic heterocycles. The first-order chi connectivity index (χ1) is 12.9. The van der Waals surface area contributed by atoms with Gasteiger partial charge in [0.1, 0.15) is 24.8 Å². The van der Waals surface area contributed by atoms with Crippen LogP contribution in [-0.2, 0) is 22.9 Å². The van der Waals surface area contributed by atoms with Gasteiger partial charge in [0, 0.05) is 20.5 Å². The first kappa shape index (κ1) is 21.2. The van der Waals surface area contributed by atoms with Gasteiger partial charge in [-0.3, -0.25) is 13.6 Å². The molecule has 156 valence electrons. The van der Waals surface area contributed by atoms with Gasteiger partial charge in [0.25, 0.3) is 0 Å². The van der Waals surface area contributed by atoms with Crippen molar-refractivity contribution in [1.29, 1.82) is 0 Å². The van der Waals surface area contributed by atoms with E-state index < -0.39 is 40.7 Å². The number of phosphoric ester groups is 2. The van der Waals surface area contributed by atoms with Crippen molar-refractivity contribution in [3.8, 4) is 0 Å². The molecule has 0 aliphatic carbocycles. The molecule has 4 N–H and O–H groups in total. The van der Waals surface area contributed by atoms with Gasteiger partial charge in [-0.05, 0) is 0 Å². The lowest BCUT2D eigenvalue weighted by Gasteiger charge is -2.19. The molecule has 28 heavy (non-hydrogen) atoms. The van der Waals surface area contributed by atoms with Crippen LogP contribution in [-0.4, -0.2) is 72.0 Å². The van der Waals surface area contributed by atoms with E-state index in [0.717, 1.165) is 0 Å². The van der Waals surface area contributed by atoms with E-state index in [1.54, 1.807) is 19.0 Å². The molecule has 0 aromatic carbocycles. The zero-order valence-electron chi connectivity index (χ0n) is 14.8. The summed E-state index contributed by atoms with van der Waals surface area (Å²) in [5, 5.41) is 0. The largest absolute Gasteiger partial charge is 0.469 e. The second kappa shape index (κ2) is 7.75. The van der Waals surface area contributed by atoms with Gasteiger partial charge in [0.15, 0.2) is 17.0 Å². The monoisotopic (exact) mass is 439 g/mol. The average molecular weight is 439 g/mol. The smallest absolute Gasteiger partial charge is 0.361 e.